The minimum Gasteiger partial charge on any atom is -0.491 e. The van der Waals surface area contributed by atoms with E-state index in [1.54, 1.807) is 0 Å². The molecule has 0 amide bonds. The number of benzene rings is 1. The van der Waals surface area contributed by atoms with Crippen molar-refractivity contribution in [3.05, 3.63) is 48.0 Å². The van der Waals surface area contributed by atoms with Crippen molar-refractivity contribution in [3.8, 4) is 5.75 Å². The Kier molecular flexibility index (Phi) is 4.25. The third-order valence-electron chi connectivity index (χ3n) is 4.05. The smallest absolute Gasteiger partial charge is 0.124 e. The maximum atomic E-state index is 5.98. The topological polar surface area (TPSA) is 39.1 Å². The molecule has 112 valence electrons. The van der Waals surface area contributed by atoms with Gasteiger partial charge in [-0.05, 0) is 19.0 Å². The van der Waals surface area contributed by atoms with Crippen molar-refractivity contribution in [2.75, 3.05) is 13.2 Å². The Morgan fingerprint density at radius 1 is 1.33 bits per heavy atom. The fourth-order valence-corrected chi connectivity index (χ4v) is 3.12. The molecule has 2 atom stereocenters. The summed E-state index contributed by atoms with van der Waals surface area (Å²) in [7, 11) is 0. The summed E-state index contributed by atoms with van der Waals surface area (Å²) in [5, 5.41) is 3.62. The Bertz CT molecular complexity index is 593. The van der Waals surface area contributed by atoms with Gasteiger partial charge in [0.2, 0.25) is 0 Å². The van der Waals surface area contributed by atoms with E-state index in [0.717, 1.165) is 31.0 Å². The van der Waals surface area contributed by atoms with Crippen LogP contribution < -0.4 is 10.1 Å². The van der Waals surface area contributed by atoms with Crippen LogP contribution in [0.4, 0.5) is 0 Å². The van der Waals surface area contributed by atoms with Crippen LogP contribution in [0.15, 0.2) is 36.7 Å². The lowest BCUT2D eigenvalue weighted by atomic mass is 9.95. The van der Waals surface area contributed by atoms with Crippen molar-refractivity contribution in [2.24, 2.45) is 0 Å². The van der Waals surface area contributed by atoms with Crippen molar-refractivity contribution in [2.45, 2.75) is 38.8 Å². The minimum absolute atomic E-state index is 0.254. The van der Waals surface area contributed by atoms with Gasteiger partial charge in [0.25, 0.3) is 0 Å². The van der Waals surface area contributed by atoms with Crippen LogP contribution in [-0.2, 0) is 6.42 Å². The number of aromatic nitrogens is 2. The lowest BCUT2D eigenvalue weighted by molar-refractivity contribution is 0.178. The summed E-state index contributed by atoms with van der Waals surface area (Å²) in [4.78, 5) is 4.51. The molecule has 2 aromatic rings. The predicted molar refractivity (Wildman–Crippen MR) is 83.6 cm³/mol. The third kappa shape index (κ3) is 2.68. The summed E-state index contributed by atoms with van der Waals surface area (Å²) in [5.41, 5.74) is 1.24. The van der Waals surface area contributed by atoms with Crippen molar-refractivity contribution in [1.82, 2.24) is 14.9 Å². The average molecular weight is 285 g/mol. The van der Waals surface area contributed by atoms with Gasteiger partial charge < -0.3 is 14.6 Å². The van der Waals surface area contributed by atoms with E-state index < -0.39 is 0 Å². The molecule has 1 aliphatic rings. The number of likely N-dealkylation sites (N-methyl/N-ethyl adjacent to an activating group) is 1. The van der Waals surface area contributed by atoms with Gasteiger partial charge in [-0.25, -0.2) is 4.98 Å². The first-order chi connectivity index (χ1) is 10.3. The van der Waals surface area contributed by atoms with Gasteiger partial charge in [0.05, 0.1) is 12.1 Å². The monoisotopic (exact) mass is 285 g/mol. The number of fused-ring (bicyclic) bond motifs is 1. The fourth-order valence-electron chi connectivity index (χ4n) is 3.12. The number of ether oxygens (including phenoxy) is 1. The molecule has 0 spiro atoms. The number of hydrogen-bond acceptors (Lipinski definition) is 3. The fraction of sp³-hybridized carbons (Fsp3) is 0.471. The van der Waals surface area contributed by atoms with E-state index >= 15 is 0 Å². The summed E-state index contributed by atoms with van der Waals surface area (Å²) < 4.78 is 8.27. The summed E-state index contributed by atoms with van der Waals surface area (Å²) in [6.45, 7) is 5.96. The Morgan fingerprint density at radius 2 is 2.19 bits per heavy atom. The van der Waals surface area contributed by atoms with Gasteiger partial charge in [-0.2, -0.15) is 0 Å². The number of imidazole rings is 1. The highest BCUT2D eigenvalue weighted by atomic mass is 16.5. The molecule has 1 aromatic heterocycles. The van der Waals surface area contributed by atoms with Crippen LogP contribution in [0, 0.1) is 0 Å². The van der Waals surface area contributed by atoms with Crippen LogP contribution in [0.3, 0.4) is 0 Å². The molecule has 1 N–H and O–H groups in total. The molecule has 2 heterocycles. The van der Waals surface area contributed by atoms with Crippen molar-refractivity contribution in [3.63, 3.8) is 0 Å². The second-order valence-electron chi connectivity index (χ2n) is 5.45. The molecule has 0 bridgehead atoms. The summed E-state index contributed by atoms with van der Waals surface area (Å²) >= 11 is 0. The van der Waals surface area contributed by atoms with Crippen LogP contribution in [0.25, 0.3) is 0 Å². The molecule has 4 nitrogen and oxygen atoms in total. The molecule has 0 radical (unpaired) electrons. The SMILES string of the molecule is CCCc1nccn1C1COc2ccccc2C1NCC. The van der Waals surface area contributed by atoms with Crippen LogP contribution >= 0.6 is 0 Å². The molecule has 0 saturated heterocycles. The average Bonchev–Trinajstić information content (AvgIpc) is 2.96. The highest BCUT2D eigenvalue weighted by Crippen LogP contribution is 2.38. The molecule has 21 heavy (non-hydrogen) atoms. The molecular formula is C17H23N3O. The van der Waals surface area contributed by atoms with Gasteiger partial charge >= 0.3 is 0 Å². The zero-order valence-corrected chi connectivity index (χ0v) is 12.7. The van der Waals surface area contributed by atoms with Crippen LogP contribution in [0.5, 0.6) is 5.75 Å². The molecule has 0 aliphatic carbocycles. The Hall–Kier alpha value is -1.81. The number of rotatable bonds is 5. The maximum Gasteiger partial charge on any atom is 0.124 e. The second-order valence-corrected chi connectivity index (χ2v) is 5.45. The van der Waals surface area contributed by atoms with E-state index in [-0.39, 0.29) is 12.1 Å². The van der Waals surface area contributed by atoms with E-state index in [2.05, 4.69) is 53.1 Å². The van der Waals surface area contributed by atoms with Gasteiger partial charge in [-0.1, -0.05) is 32.0 Å². The van der Waals surface area contributed by atoms with Crippen LogP contribution in [0.1, 0.15) is 43.7 Å². The zero-order valence-electron chi connectivity index (χ0n) is 12.7. The molecule has 2 unspecified atom stereocenters. The molecule has 1 aliphatic heterocycles. The van der Waals surface area contributed by atoms with E-state index in [0.29, 0.717) is 6.61 Å². The van der Waals surface area contributed by atoms with Gasteiger partial charge in [-0.15, -0.1) is 0 Å². The number of hydrogen-bond donors (Lipinski definition) is 1. The van der Waals surface area contributed by atoms with E-state index in [1.165, 1.54) is 5.56 Å². The van der Waals surface area contributed by atoms with Crippen molar-refractivity contribution in [1.29, 1.82) is 0 Å². The zero-order chi connectivity index (χ0) is 14.7. The van der Waals surface area contributed by atoms with Gasteiger partial charge in [0, 0.05) is 24.4 Å². The first-order valence-corrected chi connectivity index (χ1v) is 7.82. The van der Waals surface area contributed by atoms with Crippen LogP contribution in [-0.4, -0.2) is 22.7 Å². The third-order valence-corrected chi connectivity index (χ3v) is 4.05. The van der Waals surface area contributed by atoms with Gasteiger partial charge in [0.15, 0.2) is 0 Å². The lowest BCUT2D eigenvalue weighted by Gasteiger charge is -2.35. The highest BCUT2D eigenvalue weighted by molar-refractivity contribution is 5.38. The summed E-state index contributed by atoms with van der Waals surface area (Å²) in [6.07, 6.45) is 6.09. The second kappa shape index (κ2) is 6.31. The maximum absolute atomic E-state index is 5.98. The van der Waals surface area contributed by atoms with Crippen LogP contribution in [0.2, 0.25) is 0 Å². The standard InChI is InChI=1S/C17H23N3O/c1-3-7-16-19-10-11-20(16)14-12-21-15-9-6-5-8-13(15)17(14)18-4-2/h5-6,8-11,14,17-18H,3-4,7,12H2,1-2H3. The molecular weight excluding hydrogens is 262 g/mol. The number of nitrogens with zero attached hydrogens (tertiary/aromatic N) is 2. The van der Waals surface area contributed by atoms with E-state index in [4.69, 9.17) is 4.74 Å². The first kappa shape index (κ1) is 14.1. The predicted octanol–water partition coefficient (Wildman–Crippen LogP) is 3.12. The molecule has 1 aromatic carbocycles. The molecule has 0 saturated carbocycles. The normalized spacial score (nSPS) is 20.9. The Morgan fingerprint density at radius 3 is 3.00 bits per heavy atom. The van der Waals surface area contributed by atoms with Crippen molar-refractivity contribution >= 4 is 0 Å². The summed E-state index contributed by atoms with van der Waals surface area (Å²) in [6, 6.07) is 8.84. The highest BCUT2D eigenvalue weighted by Gasteiger charge is 2.32. The quantitative estimate of drug-likeness (QED) is 0.917. The molecule has 3 rings (SSSR count). The van der Waals surface area contributed by atoms with Gasteiger partial charge in [-0.3, -0.25) is 0 Å². The number of nitrogens with one attached hydrogen (secondary N) is 1. The minimum atomic E-state index is 0.254. The van der Waals surface area contributed by atoms with E-state index in [9.17, 15) is 0 Å². The van der Waals surface area contributed by atoms with Gasteiger partial charge in [0.1, 0.15) is 18.2 Å². The number of aryl methyl sites for hydroxylation is 1. The largest absolute Gasteiger partial charge is 0.491 e. The number of para-hydroxylation sites is 1. The Labute approximate surface area is 126 Å². The molecule has 0 fully saturated rings. The van der Waals surface area contributed by atoms with Crippen molar-refractivity contribution < 1.29 is 4.74 Å². The summed E-state index contributed by atoms with van der Waals surface area (Å²) in [5.74, 6) is 2.14. The Balaban J connectivity index is 1.96. The molecule has 4 heteroatoms. The first-order valence-electron chi connectivity index (χ1n) is 7.82. The van der Waals surface area contributed by atoms with E-state index in [1.807, 2.05) is 12.3 Å². The lowest BCUT2D eigenvalue weighted by Crippen LogP contribution is -2.37.